The summed E-state index contributed by atoms with van der Waals surface area (Å²) in [6, 6.07) is 14.0. The van der Waals surface area contributed by atoms with E-state index >= 15 is 0 Å². The van der Waals surface area contributed by atoms with Gasteiger partial charge < -0.3 is 15.5 Å². The molecule has 6 heterocycles. The van der Waals surface area contributed by atoms with Gasteiger partial charge in [0.05, 0.1) is 36.5 Å². The fourth-order valence-corrected chi connectivity index (χ4v) is 9.20. The van der Waals surface area contributed by atoms with Crippen molar-refractivity contribution in [2.45, 2.75) is 82.2 Å². The number of carbonyl (C=O) groups excluding carboxylic acids is 3. The van der Waals surface area contributed by atoms with Crippen molar-refractivity contribution >= 4 is 40.1 Å². The number of pyridine rings is 2. The van der Waals surface area contributed by atoms with E-state index in [0.717, 1.165) is 99.1 Å². The fraction of sp³-hybridized carbons (Fsp3) is 0.465. The number of rotatable bonds is 11. The summed E-state index contributed by atoms with van der Waals surface area (Å²) in [6.07, 6.45) is 17.1. The standard InChI is InChI=1S/C43H49N13O3/c44-21-29-19-31-23-47-56(42(31)46-22-29)39-20-37(48-32-3-1-2-4-32)36(24-45-39)38-26-55(52-51-38)34-11-5-28(6-12-34)25-53-15-17-54(18-16-53)27-41(58)49-33-9-7-30(8-10-33)35-13-14-40(57)50-43(35)59/h7-10,19-20,22-24,26,28,32,34-35H,1-6,11-18,25,27H2,(H,45,48)(H,49,58)(H,50,57,59). The summed E-state index contributed by atoms with van der Waals surface area (Å²) in [5.74, 6) is 0.401. The van der Waals surface area contributed by atoms with Crippen molar-refractivity contribution in [3.63, 3.8) is 0 Å². The number of benzene rings is 1. The van der Waals surface area contributed by atoms with Crippen LogP contribution < -0.4 is 16.0 Å². The van der Waals surface area contributed by atoms with E-state index in [1.165, 1.54) is 12.8 Å². The van der Waals surface area contributed by atoms with Crippen LogP contribution in [0.3, 0.4) is 0 Å². The first-order chi connectivity index (χ1) is 28.8. The van der Waals surface area contributed by atoms with Gasteiger partial charge in [-0.3, -0.25) is 24.6 Å². The van der Waals surface area contributed by atoms with Crippen LogP contribution in [0.5, 0.6) is 0 Å². The van der Waals surface area contributed by atoms with Gasteiger partial charge in [-0.05, 0) is 74.6 Å². The Hall–Kier alpha value is -6.05. The number of nitrogens with one attached hydrogen (secondary N) is 3. The molecule has 2 saturated carbocycles. The molecule has 0 radical (unpaired) electrons. The normalized spacial score (nSPS) is 22.0. The third-order valence-corrected chi connectivity index (χ3v) is 12.5. The molecular formula is C43H49N13O3. The Kier molecular flexibility index (Phi) is 11.1. The molecule has 59 heavy (non-hydrogen) atoms. The predicted octanol–water partition coefficient (Wildman–Crippen LogP) is 4.81. The minimum absolute atomic E-state index is 0.0477. The molecule has 0 bridgehead atoms. The average Bonchev–Trinajstić information content (AvgIpc) is 4.05. The highest BCUT2D eigenvalue weighted by Gasteiger charge is 2.29. The van der Waals surface area contributed by atoms with Crippen molar-refractivity contribution in [2.24, 2.45) is 5.92 Å². The van der Waals surface area contributed by atoms with Crippen molar-refractivity contribution < 1.29 is 14.4 Å². The highest BCUT2D eigenvalue weighted by atomic mass is 16.2. The summed E-state index contributed by atoms with van der Waals surface area (Å²) >= 11 is 0. The minimum Gasteiger partial charge on any atom is -0.382 e. The van der Waals surface area contributed by atoms with Crippen LogP contribution in [0.1, 0.15) is 87.3 Å². The highest BCUT2D eigenvalue weighted by molar-refractivity contribution is 6.01. The van der Waals surface area contributed by atoms with Crippen LogP contribution in [0.25, 0.3) is 28.1 Å². The van der Waals surface area contributed by atoms with Gasteiger partial charge in [-0.2, -0.15) is 15.0 Å². The van der Waals surface area contributed by atoms with Crippen molar-refractivity contribution in [3.05, 3.63) is 72.3 Å². The molecule has 2 aliphatic heterocycles. The van der Waals surface area contributed by atoms with Crippen LogP contribution in [-0.2, 0) is 14.4 Å². The van der Waals surface area contributed by atoms with Gasteiger partial charge >= 0.3 is 0 Å². The maximum atomic E-state index is 12.9. The van der Waals surface area contributed by atoms with Gasteiger partial charge in [0.2, 0.25) is 17.7 Å². The summed E-state index contributed by atoms with van der Waals surface area (Å²) in [4.78, 5) is 50.6. The Balaban J connectivity index is 0.755. The number of nitriles is 1. The number of nitrogens with zero attached hydrogens (tertiary/aromatic N) is 10. The van der Waals surface area contributed by atoms with Crippen LogP contribution in [-0.4, -0.2) is 108 Å². The topological polar surface area (TPSA) is 192 Å². The van der Waals surface area contributed by atoms with Gasteiger partial charge in [0.25, 0.3) is 0 Å². The minimum atomic E-state index is -0.339. The second kappa shape index (κ2) is 17.0. The first-order valence-corrected chi connectivity index (χ1v) is 21.0. The fourth-order valence-electron chi connectivity index (χ4n) is 9.20. The molecule has 4 aliphatic rings. The number of piperidine rings is 1. The first-order valence-electron chi connectivity index (χ1n) is 21.0. The number of imide groups is 1. The molecule has 16 heteroatoms. The number of piperazine rings is 1. The van der Waals surface area contributed by atoms with Crippen molar-refractivity contribution in [3.8, 4) is 23.1 Å². The van der Waals surface area contributed by atoms with Gasteiger partial charge in [0.1, 0.15) is 11.8 Å². The van der Waals surface area contributed by atoms with Gasteiger partial charge in [-0.15, -0.1) is 5.10 Å². The molecule has 3 amide bonds. The Labute approximate surface area is 342 Å². The van der Waals surface area contributed by atoms with E-state index in [2.05, 4.69) is 58.4 Å². The molecule has 4 fully saturated rings. The molecule has 1 unspecified atom stereocenters. The lowest BCUT2D eigenvalue weighted by molar-refractivity contribution is -0.134. The van der Waals surface area contributed by atoms with Gasteiger partial charge in [-0.1, -0.05) is 30.2 Å². The largest absolute Gasteiger partial charge is 0.382 e. The molecule has 4 aromatic heterocycles. The highest BCUT2D eigenvalue weighted by Crippen LogP contribution is 2.35. The SMILES string of the molecule is N#Cc1cnc2c(cnn2-c2cc(NC3CCCC3)c(-c3cn(C4CCC(CN5CCN(CC(=O)Nc6ccc(C7CCC(=O)NC7=O)cc6)CC5)CC4)nn3)cn2)c1. The molecule has 2 aliphatic carbocycles. The average molecular weight is 796 g/mol. The van der Waals surface area contributed by atoms with Gasteiger partial charge in [-0.25, -0.2) is 14.6 Å². The number of fused-ring (bicyclic) bond motifs is 1. The monoisotopic (exact) mass is 795 g/mol. The molecule has 16 nitrogen and oxygen atoms in total. The van der Waals surface area contributed by atoms with Gasteiger partial charge in [0.15, 0.2) is 11.5 Å². The number of amides is 3. The zero-order valence-electron chi connectivity index (χ0n) is 33.1. The Bertz CT molecular complexity index is 2360. The summed E-state index contributed by atoms with van der Waals surface area (Å²) in [6.45, 7) is 5.01. The first kappa shape index (κ1) is 38.5. The molecular weight excluding hydrogens is 747 g/mol. The number of carbonyl (C=O) groups is 3. The van der Waals surface area contributed by atoms with E-state index in [4.69, 9.17) is 4.98 Å². The molecule has 0 spiro atoms. The Morgan fingerprint density at radius 3 is 2.44 bits per heavy atom. The molecule has 9 rings (SSSR count). The molecule has 5 aromatic rings. The third kappa shape index (κ3) is 8.72. The Morgan fingerprint density at radius 2 is 1.68 bits per heavy atom. The number of hydrogen-bond acceptors (Lipinski definition) is 12. The van der Waals surface area contributed by atoms with E-state index in [0.29, 0.717) is 60.1 Å². The summed E-state index contributed by atoms with van der Waals surface area (Å²) < 4.78 is 3.76. The second-order valence-corrected chi connectivity index (χ2v) is 16.5. The number of hydrogen-bond donors (Lipinski definition) is 3. The molecule has 1 atom stereocenters. The lowest BCUT2D eigenvalue weighted by atomic mass is 9.85. The van der Waals surface area contributed by atoms with Crippen molar-refractivity contribution in [1.82, 2.24) is 49.9 Å². The second-order valence-electron chi connectivity index (χ2n) is 16.5. The van der Waals surface area contributed by atoms with E-state index in [1.54, 1.807) is 23.1 Å². The summed E-state index contributed by atoms with van der Waals surface area (Å²) in [5.41, 5.74) is 5.35. The van der Waals surface area contributed by atoms with Crippen LogP contribution >= 0.6 is 0 Å². The lowest BCUT2D eigenvalue weighted by Gasteiger charge is -2.37. The molecule has 2 saturated heterocycles. The number of aromatic nitrogens is 7. The Morgan fingerprint density at radius 1 is 0.898 bits per heavy atom. The quantitative estimate of drug-likeness (QED) is 0.155. The molecule has 1 aromatic carbocycles. The van der Waals surface area contributed by atoms with E-state index < -0.39 is 0 Å². The van der Waals surface area contributed by atoms with Crippen LogP contribution in [0, 0.1) is 17.2 Å². The molecule has 3 N–H and O–H groups in total. The van der Waals surface area contributed by atoms with Crippen LogP contribution in [0.2, 0.25) is 0 Å². The smallest absolute Gasteiger partial charge is 0.238 e. The zero-order valence-corrected chi connectivity index (χ0v) is 33.1. The maximum absolute atomic E-state index is 12.9. The van der Waals surface area contributed by atoms with E-state index in [1.807, 2.05) is 41.2 Å². The molecule has 304 valence electrons. The summed E-state index contributed by atoms with van der Waals surface area (Å²) in [7, 11) is 0. The zero-order chi connectivity index (χ0) is 40.3. The van der Waals surface area contributed by atoms with E-state index in [-0.39, 0.29) is 23.6 Å². The van der Waals surface area contributed by atoms with E-state index in [9.17, 15) is 19.6 Å². The predicted molar refractivity (Wildman–Crippen MR) is 220 cm³/mol. The van der Waals surface area contributed by atoms with Crippen molar-refractivity contribution in [2.75, 3.05) is 49.9 Å². The van der Waals surface area contributed by atoms with Crippen molar-refractivity contribution in [1.29, 1.82) is 5.26 Å². The summed E-state index contributed by atoms with van der Waals surface area (Å²) in [5, 5.41) is 33.1. The van der Waals surface area contributed by atoms with Crippen LogP contribution in [0.4, 0.5) is 11.4 Å². The number of anilines is 2. The maximum Gasteiger partial charge on any atom is 0.238 e. The third-order valence-electron chi connectivity index (χ3n) is 12.5. The van der Waals surface area contributed by atoms with Crippen LogP contribution in [0.15, 0.2) is 61.2 Å². The lowest BCUT2D eigenvalue weighted by Crippen LogP contribution is -2.49. The van der Waals surface area contributed by atoms with Gasteiger partial charge in [0, 0.05) is 86.0 Å².